The normalized spacial score (nSPS) is 17.2. The second-order valence-electron chi connectivity index (χ2n) is 10.9. The Morgan fingerprint density at radius 1 is 1.03 bits per heavy atom. The minimum atomic E-state index is -0.741. The third kappa shape index (κ3) is 4.81. The lowest BCUT2D eigenvalue weighted by atomic mass is 9.94. The Hall–Kier alpha value is -4.34. The number of nitrogens with zero attached hydrogens (tertiary/aromatic N) is 3. The summed E-state index contributed by atoms with van der Waals surface area (Å²) < 4.78 is 2.19. The first-order valence-corrected chi connectivity index (χ1v) is 12.5. The van der Waals surface area contributed by atoms with E-state index in [0.29, 0.717) is 25.1 Å². The smallest absolute Gasteiger partial charge is 0.338 e. The monoisotopic (exact) mass is 517 g/mol. The molecule has 4 amide bonds. The van der Waals surface area contributed by atoms with E-state index in [4.69, 9.17) is 4.84 Å². The van der Waals surface area contributed by atoms with Crippen LogP contribution in [-0.4, -0.2) is 63.4 Å². The maximum atomic E-state index is 12.8. The van der Waals surface area contributed by atoms with Gasteiger partial charge >= 0.3 is 6.09 Å². The number of hydrogen-bond donors (Lipinski definition) is 2. The maximum Gasteiger partial charge on any atom is 0.431 e. The average molecular weight is 518 g/mol. The summed E-state index contributed by atoms with van der Waals surface area (Å²) in [6, 6.07) is 14.6. The van der Waals surface area contributed by atoms with Crippen LogP contribution in [0.25, 0.3) is 10.9 Å². The van der Waals surface area contributed by atoms with Crippen molar-refractivity contribution in [2.75, 3.05) is 13.6 Å². The quantitative estimate of drug-likeness (QED) is 0.519. The minimum absolute atomic E-state index is 0.0270. The van der Waals surface area contributed by atoms with Crippen LogP contribution in [-0.2, 0) is 33.9 Å². The van der Waals surface area contributed by atoms with E-state index in [9.17, 15) is 19.2 Å². The lowest BCUT2D eigenvalue weighted by Gasteiger charge is -2.41. The molecule has 2 aliphatic heterocycles. The van der Waals surface area contributed by atoms with Crippen LogP contribution in [0.4, 0.5) is 4.79 Å². The second kappa shape index (κ2) is 9.51. The fourth-order valence-corrected chi connectivity index (χ4v) is 5.13. The molecule has 10 heteroatoms. The molecule has 5 rings (SSSR count). The van der Waals surface area contributed by atoms with Crippen LogP contribution >= 0.6 is 0 Å². The first kappa shape index (κ1) is 25.3. The number of carbonyl (C=O) groups is 4. The molecule has 2 aromatic carbocycles. The van der Waals surface area contributed by atoms with E-state index in [2.05, 4.69) is 21.4 Å². The van der Waals surface area contributed by atoms with Gasteiger partial charge in [0.25, 0.3) is 5.91 Å². The number of aromatic nitrogens is 1. The number of amides is 4. The van der Waals surface area contributed by atoms with E-state index in [1.807, 2.05) is 30.3 Å². The minimum Gasteiger partial charge on any atom is -0.338 e. The second-order valence-corrected chi connectivity index (χ2v) is 10.9. The van der Waals surface area contributed by atoms with Crippen molar-refractivity contribution in [2.45, 2.75) is 51.9 Å². The van der Waals surface area contributed by atoms with Gasteiger partial charge in [0.05, 0.1) is 13.1 Å². The summed E-state index contributed by atoms with van der Waals surface area (Å²) in [6.45, 7) is 6.42. The van der Waals surface area contributed by atoms with Crippen LogP contribution < -0.4 is 10.8 Å². The molecule has 1 atom stereocenters. The Kier molecular flexibility index (Phi) is 6.34. The maximum absolute atomic E-state index is 12.8. The zero-order valence-electron chi connectivity index (χ0n) is 21.9. The van der Waals surface area contributed by atoms with Crippen LogP contribution in [0.1, 0.15) is 48.0 Å². The van der Waals surface area contributed by atoms with Crippen molar-refractivity contribution in [3.05, 3.63) is 70.9 Å². The van der Waals surface area contributed by atoms with Crippen molar-refractivity contribution in [1.82, 2.24) is 25.2 Å². The largest absolute Gasteiger partial charge is 0.431 e. The third-order valence-electron chi connectivity index (χ3n) is 6.91. The van der Waals surface area contributed by atoms with Gasteiger partial charge in [0.1, 0.15) is 6.04 Å². The average Bonchev–Trinajstić information content (AvgIpc) is 3.17. The number of rotatable bonds is 3. The van der Waals surface area contributed by atoms with E-state index in [-0.39, 0.29) is 18.4 Å². The Bertz CT molecular complexity index is 1440. The molecule has 3 heterocycles. The summed E-state index contributed by atoms with van der Waals surface area (Å²) in [5.74, 6) is -0.608. The summed E-state index contributed by atoms with van der Waals surface area (Å²) >= 11 is 0. The van der Waals surface area contributed by atoms with Gasteiger partial charge < -0.3 is 24.5 Å². The molecule has 2 aliphatic rings. The van der Waals surface area contributed by atoms with Crippen molar-refractivity contribution >= 4 is 34.7 Å². The summed E-state index contributed by atoms with van der Waals surface area (Å²) in [6.07, 6.45) is -0.255. The standard InChI is InChI=1S/C28H31N5O5/c1-28(2,3)29-27(37)38-30-25(35)18-11-9-17(10-12-18)14-32-21-8-6-5-7-19(21)20-13-22-26(36)31(4)16-24(34)33(22)15-23(20)32/h5-12,22H,13-16H2,1-4H3,(H,29,37)(H,30,35). The molecule has 1 fully saturated rings. The van der Waals surface area contributed by atoms with E-state index >= 15 is 0 Å². The van der Waals surface area contributed by atoms with Crippen molar-refractivity contribution < 1.29 is 24.0 Å². The highest BCUT2D eigenvalue weighted by Crippen LogP contribution is 2.35. The van der Waals surface area contributed by atoms with E-state index in [0.717, 1.165) is 27.7 Å². The van der Waals surface area contributed by atoms with E-state index in [1.165, 1.54) is 4.90 Å². The number of piperazine rings is 1. The molecule has 38 heavy (non-hydrogen) atoms. The number of fused-ring (bicyclic) bond motifs is 4. The number of benzene rings is 2. The summed E-state index contributed by atoms with van der Waals surface area (Å²) in [5.41, 5.74) is 6.14. The highest BCUT2D eigenvalue weighted by atomic mass is 16.7. The Morgan fingerprint density at radius 3 is 2.45 bits per heavy atom. The van der Waals surface area contributed by atoms with Gasteiger partial charge in [-0.2, -0.15) is 5.48 Å². The van der Waals surface area contributed by atoms with Crippen molar-refractivity contribution in [1.29, 1.82) is 0 Å². The molecule has 1 aromatic heterocycles. The number of carbonyl (C=O) groups excluding carboxylic acids is 4. The third-order valence-corrected chi connectivity index (χ3v) is 6.91. The molecule has 10 nitrogen and oxygen atoms in total. The molecule has 3 aromatic rings. The lowest BCUT2D eigenvalue weighted by molar-refractivity contribution is -0.155. The SMILES string of the molecule is CN1CC(=O)N2Cc3c(c4ccccc4n3Cc3ccc(C(=O)NOC(=O)NC(C)(C)C)cc3)CC2C1=O. The molecule has 0 bridgehead atoms. The zero-order valence-corrected chi connectivity index (χ0v) is 21.9. The van der Waals surface area contributed by atoms with Gasteiger partial charge in [-0.3, -0.25) is 14.4 Å². The van der Waals surface area contributed by atoms with Gasteiger partial charge in [0.2, 0.25) is 11.8 Å². The van der Waals surface area contributed by atoms with Crippen LogP contribution in [0.15, 0.2) is 48.5 Å². The molecule has 0 radical (unpaired) electrons. The highest BCUT2D eigenvalue weighted by Gasteiger charge is 2.42. The van der Waals surface area contributed by atoms with Gasteiger partial charge in [-0.15, -0.1) is 0 Å². The van der Waals surface area contributed by atoms with Gasteiger partial charge in [-0.1, -0.05) is 30.3 Å². The molecule has 1 unspecified atom stereocenters. The predicted molar refractivity (Wildman–Crippen MR) is 140 cm³/mol. The Labute approximate surface area is 220 Å². The molecule has 0 spiro atoms. The van der Waals surface area contributed by atoms with Crippen molar-refractivity contribution in [2.24, 2.45) is 0 Å². The lowest BCUT2D eigenvalue weighted by Crippen LogP contribution is -2.60. The number of hydroxylamine groups is 1. The van der Waals surface area contributed by atoms with Gasteiger partial charge in [0, 0.05) is 47.7 Å². The number of para-hydroxylation sites is 1. The van der Waals surface area contributed by atoms with Crippen LogP contribution in [0.2, 0.25) is 0 Å². The number of nitrogens with one attached hydrogen (secondary N) is 2. The van der Waals surface area contributed by atoms with Crippen LogP contribution in [0.3, 0.4) is 0 Å². The zero-order chi connectivity index (χ0) is 27.2. The Morgan fingerprint density at radius 2 is 1.74 bits per heavy atom. The summed E-state index contributed by atoms with van der Waals surface area (Å²) in [7, 11) is 1.67. The topological polar surface area (TPSA) is 113 Å². The fourth-order valence-electron chi connectivity index (χ4n) is 5.13. The van der Waals surface area contributed by atoms with E-state index in [1.54, 1.807) is 44.9 Å². The number of hydrogen-bond acceptors (Lipinski definition) is 5. The van der Waals surface area contributed by atoms with Gasteiger partial charge in [0.15, 0.2) is 0 Å². The van der Waals surface area contributed by atoms with Gasteiger partial charge in [-0.05, 0) is 50.1 Å². The first-order valence-electron chi connectivity index (χ1n) is 12.5. The molecular weight excluding hydrogens is 486 g/mol. The molecule has 1 saturated heterocycles. The first-order chi connectivity index (χ1) is 18.0. The Balaban J connectivity index is 1.36. The van der Waals surface area contributed by atoms with Gasteiger partial charge in [-0.25, -0.2) is 4.79 Å². The predicted octanol–water partition coefficient (Wildman–Crippen LogP) is 2.58. The highest BCUT2D eigenvalue weighted by molar-refractivity contribution is 5.97. The summed E-state index contributed by atoms with van der Waals surface area (Å²) in [4.78, 5) is 57.9. The van der Waals surface area contributed by atoms with E-state index < -0.39 is 23.6 Å². The molecule has 0 saturated carbocycles. The molecule has 0 aliphatic carbocycles. The fraction of sp³-hybridized carbons (Fsp3) is 0.357. The van der Waals surface area contributed by atoms with Crippen LogP contribution in [0, 0.1) is 0 Å². The molecule has 2 N–H and O–H groups in total. The molecule has 198 valence electrons. The van der Waals surface area contributed by atoms with Crippen molar-refractivity contribution in [3.63, 3.8) is 0 Å². The summed E-state index contributed by atoms with van der Waals surface area (Å²) in [5, 5.41) is 3.68. The van der Waals surface area contributed by atoms with Crippen molar-refractivity contribution in [3.8, 4) is 0 Å². The number of likely N-dealkylation sites (N-methyl/N-ethyl adjacent to an activating group) is 1. The van der Waals surface area contributed by atoms with Crippen LogP contribution in [0.5, 0.6) is 0 Å². The molecular formula is C28H31N5O5.